The topological polar surface area (TPSA) is 79.4 Å². The van der Waals surface area contributed by atoms with Crippen LogP contribution in [0.4, 0.5) is 0 Å². The number of methoxy groups -OCH3 is 1. The Morgan fingerprint density at radius 3 is 2.79 bits per heavy atom. The maximum Gasteiger partial charge on any atom is 0.290 e. The Kier molecular flexibility index (Phi) is 4.30. The highest BCUT2D eigenvalue weighted by Gasteiger charge is 2.10. The number of nitrogens with one attached hydrogen (secondary N) is 2. The molecule has 0 unspecified atom stereocenters. The number of hydrogen-bond donors (Lipinski definition) is 2. The normalized spacial score (nSPS) is 10.6. The fourth-order valence-electron chi connectivity index (χ4n) is 1.34. The zero-order valence-corrected chi connectivity index (χ0v) is 11.6. The number of benzene rings is 1. The van der Waals surface area contributed by atoms with Gasteiger partial charge in [0.1, 0.15) is 11.4 Å². The summed E-state index contributed by atoms with van der Waals surface area (Å²) in [6, 6.07) is 7.30. The van der Waals surface area contributed by atoms with E-state index in [0.717, 1.165) is 11.3 Å². The molecule has 0 aliphatic heterocycles. The van der Waals surface area contributed by atoms with Crippen LogP contribution in [0.25, 0.3) is 0 Å². The largest absolute Gasteiger partial charge is 0.497 e. The van der Waals surface area contributed by atoms with Gasteiger partial charge in [-0.05, 0) is 45.8 Å². The first-order valence-electron chi connectivity index (χ1n) is 5.37. The fourth-order valence-corrected chi connectivity index (χ4v) is 1.71. The van der Waals surface area contributed by atoms with Crippen molar-refractivity contribution in [2.75, 3.05) is 7.11 Å². The Labute approximate surface area is 118 Å². The molecule has 1 amide bonds. The maximum absolute atomic E-state index is 11.7. The first kappa shape index (κ1) is 13.3. The number of halogens is 1. The van der Waals surface area contributed by atoms with Crippen molar-refractivity contribution < 1.29 is 9.53 Å². The summed E-state index contributed by atoms with van der Waals surface area (Å²) in [4.78, 5) is 11.7. The minimum absolute atomic E-state index is 0.326. The zero-order valence-electron chi connectivity index (χ0n) is 10.1. The van der Waals surface area contributed by atoms with Crippen LogP contribution in [0.15, 0.2) is 40.0 Å². The van der Waals surface area contributed by atoms with E-state index in [1.54, 1.807) is 13.3 Å². The van der Waals surface area contributed by atoms with Gasteiger partial charge in [0.15, 0.2) is 0 Å². The summed E-state index contributed by atoms with van der Waals surface area (Å²) in [5, 5.41) is 10.2. The Morgan fingerprint density at radius 1 is 1.47 bits per heavy atom. The average Bonchev–Trinajstić information content (AvgIpc) is 2.86. The molecule has 2 aromatic rings. The molecule has 0 atom stereocenters. The number of rotatable bonds is 4. The molecule has 2 rings (SSSR count). The molecule has 19 heavy (non-hydrogen) atoms. The number of nitrogens with zero attached hydrogens (tertiary/aromatic N) is 2. The summed E-state index contributed by atoms with van der Waals surface area (Å²) in [6.07, 6.45) is 3.05. The molecule has 0 spiro atoms. The maximum atomic E-state index is 11.7. The van der Waals surface area contributed by atoms with Crippen LogP contribution >= 0.6 is 15.9 Å². The number of hydrogen-bond acceptors (Lipinski definition) is 4. The molecular formula is C12H11BrN4O2. The van der Waals surface area contributed by atoms with E-state index in [1.807, 2.05) is 24.3 Å². The van der Waals surface area contributed by atoms with Crippen molar-refractivity contribution in [1.82, 2.24) is 15.6 Å². The van der Waals surface area contributed by atoms with E-state index >= 15 is 0 Å². The SMILES string of the molecule is COc1ccc(/C=N/NC(=O)c2[nH]ncc2Br)cc1. The highest BCUT2D eigenvalue weighted by atomic mass is 79.9. The molecule has 1 aromatic heterocycles. The first-order valence-corrected chi connectivity index (χ1v) is 6.16. The molecule has 98 valence electrons. The number of hydrazone groups is 1. The van der Waals surface area contributed by atoms with Crippen LogP contribution in [-0.4, -0.2) is 29.4 Å². The van der Waals surface area contributed by atoms with Crippen LogP contribution < -0.4 is 10.2 Å². The molecule has 1 aromatic carbocycles. The lowest BCUT2D eigenvalue weighted by Gasteiger charge is -1.99. The second-order valence-corrected chi connectivity index (χ2v) is 4.42. The van der Waals surface area contributed by atoms with Crippen LogP contribution in [0.1, 0.15) is 16.1 Å². The minimum Gasteiger partial charge on any atom is -0.497 e. The molecule has 0 aliphatic rings. The highest BCUT2D eigenvalue weighted by molar-refractivity contribution is 9.10. The van der Waals surface area contributed by atoms with Gasteiger partial charge >= 0.3 is 0 Å². The molecule has 0 fully saturated rings. The van der Waals surface area contributed by atoms with Crippen molar-refractivity contribution in [2.45, 2.75) is 0 Å². The number of amides is 1. The Bertz CT molecular complexity index is 592. The Balaban J connectivity index is 1.96. The van der Waals surface area contributed by atoms with Gasteiger partial charge in [-0.25, -0.2) is 5.43 Å². The third-order valence-electron chi connectivity index (χ3n) is 2.32. The third-order valence-corrected chi connectivity index (χ3v) is 2.92. The van der Waals surface area contributed by atoms with E-state index in [1.165, 1.54) is 6.20 Å². The van der Waals surface area contributed by atoms with E-state index in [-0.39, 0.29) is 5.91 Å². The molecule has 1 heterocycles. The van der Waals surface area contributed by atoms with Crippen LogP contribution in [-0.2, 0) is 0 Å². The van der Waals surface area contributed by atoms with Crippen molar-refractivity contribution in [2.24, 2.45) is 5.10 Å². The molecular weight excluding hydrogens is 312 g/mol. The zero-order chi connectivity index (χ0) is 13.7. The van der Waals surface area contributed by atoms with Crippen molar-refractivity contribution in [3.05, 3.63) is 46.2 Å². The predicted molar refractivity (Wildman–Crippen MR) is 74.3 cm³/mol. The number of carbonyl (C=O) groups excluding carboxylic acids is 1. The summed E-state index contributed by atoms with van der Waals surface area (Å²) in [6.45, 7) is 0. The molecule has 0 aliphatic carbocycles. The van der Waals surface area contributed by atoms with Gasteiger partial charge in [-0.1, -0.05) is 0 Å². The van der Waals surface area contributed by atoms with Gasteiger partial charge in [0.25, 0.3) is 5.91 Å². The lowest BCUT2D eigenvalue weighted by Crippen LogP contribution is -2.18. The van der Waals surface area contributed by atoms with E-state index in [0.29, 0.717) is 10.2 Å². The van der Waals surface area contributed by atoms with Gasteiger partial charge in [0, 0.05) is 0 Å². The lowest BCUT2D eigenvalue weighted by atomic mass is 10.2. The van der Waals surface area contributed by atoms with Gasteiger partial charge < -0.3 is 4.74 Å². The summed E-state index contributed by atoms with van der Waals surface area (Å²) in [5.41, 5.74) is 3.58. The number of aromatic amines is 1. The fraction of sp³-hybridized carbons (Fsp3) is 0.0833. The number of aromatic nitrogens is 2. The second-order valence-electron chi connectivity index (χ2n) is 3.57. The van der Waals surface area contributed by atoms with Crippen molar-refractivity contribution >= 4 is 28.1 Å². The first-order chi connectivity index (χ1) is 9.20. The van der Waals surface area contributed by atoms with E-state index in [4.69, 9.17) is 4.74 Å². The van der Waals surface area contributed by atoms with Gasteiger partial charge in [-0.2, -0.15) is 10.2 Å². The van der Waals surface area contributed by atoms with E-state index in [9.17, 15) is 4.79 Å². The van der Waals surface area contributed by atoms with Crippen LogP contribution in [0.3, 0.4) is 0 Å². The monoisotopic (exact) mass is 322 g/mol. The number of ether oxygens (including phenoxy) is 1. The summed E-state index contributed by atoms with van der Waals surface area (Å²) < 4.78 is 5.63. The predicted octanol–water partition coefficient (Wildman–Crippen LogP) is 1.94. The van der Waals surface area contributed by atoms with Crippen molar-refractivity contribution in [3.8, 4) is 5.75 Å². The third kappa shape index (κ3) is 3.41. The Hall–Kier alpha value is -2.15. The number of carbonyl (C=O) groups is 1. The highest BCUT2D eigenvalue weighted by Crippen LogP contribution is 2.12. The van der Waals surface area contributed by atoms with Gasteiger partial charge in [0.05, 0.1) is 24.0 Å². The molecule has 0 saturated carbocycles. The van der Waals surface area contributed by atoms with Gasteiger partial charge in [-0.15, -0.1) is 0 Å². The van der Waals surface area contributed by atoms with Gasteiger partial charge in [0.2, 0.25) is 0 Å². The average molecular weight is 323 g/mol. The standard InChI is InChI=1S/C12H11BrN4O2/c1-19-9-4-2-8(3-5-9)6-14-17-12(18)11-10(13)7-15-16-11/h2-7H,1H3,(H,15,16)(H,17,18)/b14-6+. The van der Waals surface area contributed by atoms with Crippen molar-refractivity contribution in [1.29, 1.82) is 0 Å². The number of H-pyrrole nitrogens is 1. The van der Waals surface area contributed by atoms with Crippen LogP contribution in [0.5, 0.6) is 5.75 Å². The summed E-state index contributed by atoms with van der Waals surface area (Å²) in [5.74, 6) is 0.400. The summed E-state index contributed by atoms with van der Waals surface area (Å²) >= 11 is 3.20. The van der Waals surface area contributed by atoms with Crippen LogP contribution in [0.2, 0.25) is 0 Å². The quantitative estimate of drug-likeness (QED) is 0.667. The molecule has 7 heteroatoms. The molecule has 0 saturated heterocycles. The molecule has 0 radical (unpaired) electrons. The van der Waals surface area contributed by atoms with Gasteiger partial charge in [-0.3, -0.25) is 9.89 Å². The smallest absolute Gasteiger partial charge is 0.290 e. The molecule has 6 nitrogen and oxygen atoms in total. The minimum atomic E-state index is -0.367. The molecule has 2 N–H and O–H groups in total. The summed E-state index contributed by atoms with van der Waals surface area (Å²) in [7, 11) is 1.60. The second kappa shape index (κ2) is 6.14. The van der Waals surface area contributed by atoms with E-state index < -0.39 is 0 Å². The molecule has 0 bridgehead atoms. The van der Waals surface area contributed by atoms with E-state index in [2.05, 4.69) is 36.7 Å². The van der Waals surface area contributed by atoms with Crippen LogP contribution in [0, 0.1) is 0 Å². The lowest BCUT2D eigenvalue weighted by molar-refractivity contribution is 0.0949. The van der Waals surface area contributed by atoms with Crippen molar-refractivity contribution in [3.63, 3.8) is 0 Å². The Morgan fingerprint density at radius 2 is 2.21 bits per heavy atom.